The molecule has 0 bridgehead atoms. The van der Waals surface area contributed by atoms with Crippen LogP contribution in [-0.2, 0) is 9.31 Å². The molecule has 0 N–H and O–H groups in total. The predicted molar refractivity (Wildman–Crippen MR) is 74.7 cm³/mol. The molecule has 3 nitrogen and oxygen atoms in total. The summed E-state index contributed by atoms with van der Waals surface area (Å²) in [5.41, 5.74) is -0.673. The number of thiophene rings is 1. The van der Waals surface area contributed by atoms with Gasteiger partial charge in [0.05, 0.1) is 16.1 Å². The van der Waals surface area contributed by atoms with E-state index in [2.05, 4.69) is 0 Å². The first-order chi connectivity index (χ1) is 8.27. The van der Waals surface area contributed by atoms with Crippen LogP contribution in [0.3, 0.4) is 0 Å². The average molecular weight is 266 g/mol. The molecule has 0 aromatic carbocycles. The van der Waals surface area contributed by atoms with E-state index in [9.17, 15) is 4.79 Å². The molecule has 1 aromatic rings. The molecule has 1 saturated heterocycles. The maximum absolute atomic E-state index is 11.6. The fourth-order valence-electron chi connectivity index (χ4n) is 1.76. The fraction of sp³-hybridized carbons (Fsp3) is 0.615. The van der Waals surface area contributed by atoms with Crippen molar-refractivity contribution < 1.29 is 14.1 Å². The van der Waals surface area contributed by atoms with Crippen molar-refractivity contribution in [2.75, 3.05) is 0 Å². The highest BCUT2D eigenvalue weighted by Crippen LogP contribution is 2.36. The Hall–Kier alpha value is -0.645. The van der Waals surface area contributed by atoms with Crippen LogP contribution in [0.5, 0.6) is 0 Å². The molecule has 0 saturated carbocycles. The first-order valence-electron chi connectivity index (χ1n) is 6.25. The summed E-state index contributed by atoms with van der Waals surface area (Å²) in [5, 5.41) is 0. The number of carbonyl (C=O) groups is 1. The van der Waals surface area contributed by atoms with Gasteiger partial charge in [0.15, 0.2) is 5.78 Å². The fourth-order valence-corrected chi connectivity index (χ4v) is 2.74. The second-order valence-corrected chi connectivity index (χ2v) is 6.68. The van der Waals surface area contributed by atoms with Gasteiger partial charge in [0, 0.05) is 11.2 Å². The molecule has 0 radical (unpaired) electrons. The Balaban J connectivity index is 2.20. The van der Waals surface area contributed by atoms with Gasteiger partial charge in [-0.2, -0.15) is 0 Å². The molecular weight excluding hydrogens is 247 g/mol. The topological polar surface area (TPSA) is 35.5 Å². The van der Waals surface area contributed by atoms with E-state index in [0.717, 1.165) is 9.65 Å². The minimum atomic E-state index is -0.363. The van der Waals surface area contributed by atoms with Gasteiger partial charge in [-0.05, 0) is 33.8 Å². The van der Waals surface area contributed by atoms with Crippen LogP contribution < -0.4 is 4.78 Å². The van der Waals surface area contributed by atoms with Gasteiger partial charge in [-0.1, -0.05) is 13.0 Å². The summed E-state index contributed by atoms with van der Waals surface area (Å²) in [6, 6.07) is 3.78. The molecule has 0 aliphatic carbocycles. The molecule has 1 aromatic heterocycles. The van der Waals surface area contributed by atoms with Crippen LogP contribution in [0.1, 0.15) is 50.7 Å². The number of rotatable bonds is 3. The molecule has 0 atom stereocenters. The van der Waals surface area contributed by atoms with E-state index in [1.165, 1.54) is 11.3 Å². The highest BCUT2D eigenvalue weighted by molar-refractivity contribution is 7.23. The lowest BCUT2D eigenvalue weighted by Crippen LogP contribution is -2.41. The van der Waals surface area contributed by atoms with Crippen molar-refractivity contribution >= 4 is 29.0 Å². The lowest BCUT2D eigenvalue weighted by atomic mass is 9.88. The van der Waals surface area contributed by atoms with Crippen LogP contribution in [0.4, 0.5) is 0 Å². The maximum Gasteiger partial charge on any atom is 0.505 e. The van der Waals surface area contributed by atoms with Gasteiger partial charge in [-0.15, -0.1) is 11.3 Å². The second kappa shape index (κ2) is 4.47. The third-order valence-electron chi connectivity index (χ3n) is 3.71. The van der Waals surface area contributed by atoms with Crippen molar-refractivity contribution in [1.82, 2.24) is 0 Å². The summed E-state index contributed by atoms with van der Waals surface area (Å²) in [6.07, 6.45) is 0.531. The van der Waals surface area contributed by atoms with Crippen LogP contribution in [0.2, 0.25) is 0 Å². The van der Waals surface area contributed by atoms with E-state index in [4.69, 9.17) is 9.31 Å². The maximum atomic E-state index is 11.6. The largest absolute Gasteiger partial charge is 0.505 e. The smallest absolute Gasteiger partial charge is 0.399 e. The summed E-state index contributed by atoms with van der Waals surface area (Å²) in [6.45, 7) is 9.98. The Morgan fingerprint density at radius 1 is 1.22 bits per heavy atom. The quantitative estimate of drug-likeness (QED) is 0.623. The van der Waals surface area contributed by atoms with Crippen molar-refractivity contribution in [1.29, 1.82) is 0 Å². The molecule has 5 heteroatoms. The number of ketones is 1. The minimum Gasteiger partial charge on any atom is -0.399 e. The van der Waals surface area contributed by atoms with E-state index < -0.39 is 0 Å². The van der Waals surface area contributed by atoms with E-state index in [1.54, 1.807) is 0 Å². The molecule has 0 amide bonds. The molecule has 1 fully saturated rings. The minimum absolute atomic E-state index is 0.169. The van der Waals surface area contributed by atoms with Crippen LogP contribution in [0, 0.1) is 0 Å². The number of hydrogen-bond donors (Lipinski definition) is 0. The molecule has 2 heterocycles. The Labute approximate surface area is 113 Å². The van der Waals surface area contributed by atoms with Crippen molar-refractivity contribution in [3.8, 4) is 0 Å². The van der Waals surface area contributed by atoms with Gasteiger partial charge >= 0.3 is 7.12 Å². The van der Waals surface area contributed by atoms with Crippen LogP contribution in [0.25, 0.3) is 0 Å². The highest BCUT2D eigenvalue weighted by atomic mass is 32.1. The third-order valence-corrected chi connectivity index (χ3v) is 4.86. The highest BCUT2D eigenvalue weighted by Gasteiger charge is 2.52. The third kappa shape index (κ3) is 2.27. The summed E-state index contributed by atoms with van der Waals surface area (Å²) in [4.78, 5) is 12.4. The monoisotopic (exact) mass is 266 g/mol. The lowest BCUT2D eigenvalue weighted by Gasteiger charge is -2.32. The molecule has 98 valence electrons. The van der Waals surface area contributed by atoms with E-state index in [-0.39, 0.29) is 24.1 Å². The van der Waals surface area contributed by atoms with Crippen LogP contribution in [0.15, 0.2) is 12.1 Å². The van der Waals surface area contributed by atoms with E-state index in [0.29, 0.717) is 6.42 Å². The Bertz CT molecular complexity index is 449. The average Bonchev–Trinajstić information content (AvgIpc) is 2.82. The number of Topliss-reactive ketones (excluding diaryl/α,β-unsaturated/α-hetero) is 1. The zero-order valence-corrected chi connectivity index (χ0v) is 12.4. The summed E-state index contributed by atoms with van der Waals surface area (Å²) >= 11 is 1.46. The summed E-state index contributed by atoms with van der Waals surface area (Å²) in [5.74, 6) is 0.169. The van der Waals surface area contributed by atoms with E-state index >= 15 is 0 Å². The normalized spacial score (nSPS) is 21.3. The first kappa shape index (κ1) is 13.8. The molecular formula is C13H19BO3S. The lowest BCUT2D eigenvalue weighted by molar-refractivity contribution is 0.00578. The summed E-state index contributed by atoms with van der Waals surface area (Å²) < 4.78 is 12.9. The van der Waals surface area contributed by atoms with Crippen molar-refractivity contribution in [3.63, 3.8) is 0 Å². The van der Waals surface area contributed by atoms with Gasteiger partial charge in [0.1, 0.15) is 0 Å². The van der Waals surface area contributed by atoms with Gasteiger partial charge in [0.25, 0.3) is 0 Å². The zero-order valence-electron chi connectivity index (χ0n) is 11.6. The van der Waals surface area contributed by atoms with Crippen LogP contribution >= 0.6 is 11.3 Å². The molecule has 0 unspecified atom stereocenters. The molecule has 18 heavy (non-hydrogen) atoms. The van der Waals surface area contributed by atoms with Gasteiger partial charge < -0.3 is 9.31 Å². The van der Waals surface area contributed by atoms with E-state index in [1.807, 2.05) is 46.8 Å². The first-order valence-corrected chi connectivity index (χ1v) is 7.07. The van der Waals surface area contributed by atoms with Gasteiger partial charge in [-0.3, -0.25) is 4.79 Å². The van der Waals surface area contributed by atoms with Crippen molar-refractivity contribution in [2.45, 2.75) is 52.2 Å². The second-order valence-electron chi connectivity index (χ2n) is 5.57. The van der Waals surface area contributed by atoms with Crippen molar-refractivity contribution in [2.24, 2.45) is 0 Å². The molecule has 2 rings (SSSR count). The van der Waals surface area contributed by atoms with Gasteiger partial charge in [-0.25, -0.2) is 0 Å². The number of hydrogen-bond acceptors (Lipinski definition) is 4. The summed E-state index contributed by atoms with van der Waals surface area (Å²) in [7, 11) is -0.363. The Morgan fingerprint density at radius 3 is 2.28 bits per heavy atom. The SMILES string of the molecule is CCC(=O)c1ccc(B2OC(C)(C)C(C)(C)O2)s1. The zero-order chi connectivity index (χ0) is 13.6. The number of carbonyl (C=O) groups excluding carboxylic acids is 1. The molecule has 1 aliphatic heterocycles. The molecule has 1 aliphatic rings. The Morgan fingerprint density at radius 2 is 1.78 bits per heavy atom. The van der Waals surface area contributed by atoms with Crippen molar-refractivity contribution in [3.05, 3.63) is 17.0 Å². The van der Waals surface area contributed by atoms with Crippen LogP contribution in [-0.4, -0.2) is 24.1 Å². The van der Waals surface area contributed by atoms with Gasteiger partial charge in [0.2, 0.25) is 0 Å². The standard InChI is InChI=1S/C13H19BO3S/c1-6-9(15)10-7-8-11(18-10)14-16-12(2,3)13(4,5)17-14/h7-8H,6H2,1-5H3. The molecule has 0 spiro atoms. The predicted octanol–water partition coefficient (Wildman–Crippen LogP) is 2.64. The Kier molecular flexibility index (Phi) is 3.43.